The molecule has 3 atom stereocenters. The second-order valence-corrected chi connectivity index (χ2v) is 23.4. The Hall–Kier alpha value is -1.59. The fourth-order valence-corrected chi connectivity index (χ4v) is 10.00. The SMILES string of the molecule is CCC(C)CCCCCCCCCCCCCCCCCCCCC(=O)OC[C@H](COC(=O)CCCCCCCCCCCCC(C)C)OC(=O)CCCCCCCCCCCCCCCCC(C)CC. The minimum atomic E-state index is -0.765. The summed E-state index contributed by atoms with van der Waals surface area (Å²) in [5.74, 6) is 1.79. The molecule has 6 nitrogen and oxygen atoms in total. The molecule has 0 saturated carbocycles. The summed E-state index contributed by atoms with van der Waals surface area (Å²) in [5, 5.41) is 0. The average Bonchev–Trinajstić information content (AvgIpc) is 3.36. The molecule has 0 aliphatic rings. The Morgan fingerprint density at radius 3 is 0.732 bits per heavy atom. The molecule has 0 aromatic heterocycles. The monoisotopic (exact) mass is 1000 g/mol. The van der Waals surface area contributed by atoms with Crippen molar-refractivity contribution in [1.82, 2.24) is 0 Å². The van der Waals surface area contributed by atoms with E-state index in [0.717, 1.165) is 75.5 Å². The van der Waals surface area contributed by atoms with Gasteiger partial charge in [-0.1, -0.05) is 324 Å². The third kappa shape index (κ3) is 56.0. The van der Waals surface area contributed by atoms with Crippen molar-refractivity contribution in [3.05, 3.63) is 0 Å². The molecule has 0 bridgehead atoms. The van der Waals surface area contributed by atoms with E-state index < -0.39 is 6.10 Å². The van der Waals surface area contributed by atoms with E-state index in [2.05, 4.69) is 41.5 Å². The third-order valence-corrected chi connectivity index (χ3v) is 15.6. The fraction of sp³-hybridized carbons (Fsp3) is 0.954. The van der Waals surface area contributed by atoms with Crippen LogP contribution in [0.5, 0.6) is 0 Å². The molecule has 0 aromatic rings. The van der Waals surface area contributed by atoms with Crippen molar-refractivity contribution in [2.45, 2.75) is 369 Å². The van der Waals surface area contributed by atoms with Crippen LogP contribution in [-0.4, -0.2) is 37.2 Å². The average molecular weight is 1000 g/mol. The van der Waals surface area contributed by atoms with Crippen LogP contribution in [0.1, 0.15) is 363 Å². The van der Waals surface area contributed by atoms with Crippen LogP contribution in [0.15, 0.2) is 0 Å². The molecule has 0 aliphatic heterocycles. The van der Waals surface area contributed by atoms with Gasteiger partial charge in [0.05, 0.1) is 0 Å². The van der Waals surface area contributed by atoms with Gasteiger partial charge in [-0.15, -0.1) is 0 Å². The van der Waals surface area contributed by atoms with Gasteiger partial charge in [-0.2, -0.15) is 0 Å². The van der Waals surface area contributed by atoms with Gasteiger partial charge in [-0.05, 0) is 37.0 Å². The van der Waals surface area contributed by atoms with Gasteiger partial charge in [0.25, 0.3) is 0 Å². The first-order chi connectivity index (χ1) is 34.7. The van der Waals surface area contributed by atoms with Gasteiger partial charge in [0.2, 0.25) is 0 Å². The van der Waals surface area contributed by atoms with Gasteiger partial charge in [0.15, 0.2) is 6.10 Å². The van der Waals surface area contributed by atoms with Crippen molar-refractivity contribution in [3.63, 3.8) is 0 Å². The maximum absolute atomic E-state index is 12.9. The molecule has 0 aliphatic carbocycles. The maximum atomic E-state index is 12.9. The Morgan fingerprint density at radius 1 is 0.282 bits per heavy atom. The smallest absolute Gasteiger partial charge is 0.306 e. The van der Waals surface area contributed by atoms with Crippen LogP contribution >= 0.6 is 0 Å². The summed E-state index contributed by atoms with van der Waals surface area (Å²) >= 11 is 0. The first-order valence-electron chi connectivity index (χ1n) is 32.2. The molecule has 71 heavy (non-hydrogen) atoms. The number of ether oxygens (including phenoxy) is 3. The van der Waals surface area contributed by atoms with Gasteiger partial charge in [0.1, 0.15) is 13.2 Å². The van der Waals surface area contributed by atoms with E-state index in [1.54, 1.807) is 0 Å². The lowest BCUT2D eigenvalue weighted by molar-refractivity contribution is -0.167. The Labute approximate surface area is 444 Å². The number of esters is 3. The second-order valence-electron chi connectivity index (χ2n) is 23.4. The van der Waals surface area contributed by atoms with Crippen LogP contribution in [-0.2, 0) is 28.6 Å². The molecule has 0 aromatic carbocycles. The minimum Gasteiger partial charge on any atom is -0.462 e. The van der Waals surface area contributed by atoms with E-state index in [-0.39, 0.29) is 31.1 Å². The number of hydrogen-bond acceptors (Lipinski definition) is 6. The van der Waals surface area contributed by atoms with Crippen LogP contribution in [0.3, 0.4) is 0 Å². The molecule has 0 fully saturated rings. The summed E-state index contributed by atoms with van der Waals surface area (Å²) in [5.41, 5.74) is 0. The van der Waals surface area contributed by atoms with E-state index in [1.807, 2.05) is 0 Å². The molecule has 6 heteroatoms. The highest BCUT2D eigenvalue weighted by Crippen LogP contribution is 2.20. The highest BCUT2D eigenvalue weighted by Gasteiger charge is 2.19. The first-order valence-corrected chi connectivity index (χ1v) is 32.2. The molecule has 422 valence electrons. The highest BCUT2D eigenvalue weighted by atomic mass is 16.6. The van der Waals surface area contributed by atoms with E-state index in [0.29, 0.717) is 19.3 Å². The van der Waals surface area contributed by atoms with Gasteiger partial charge in [-0.25, -0.2) is 0 Å². The number of unbranched alkanes of at least 4 members (excludes halogenated alkanes) is 39. The predicted molar refractivity (Wildman–Crippen MR) is 307 cm³/mol. The second kappa shape index (κ2) is 56.1. The summed E-state index contributed by atoms with van der Waals surface area (Å²) in [6.07, 6.45) is 60.9. The van der Waals surface area contributed by atoms with Crippen molar-refractivity contribution in [1.29, 1.82) is 0 Å². The van der Waals surface area contributed by atoms with Crippen LogP contribution in [0, 0.1) is 17.8 Å². The van der Waals surface area contributed by atoms with Crippen LogP contribution in [0.25, 0.3) is 0 Å². The predicted octanol–water partition coefficient (Wildman–Crippen LogP) is 21.5. The Balaban J connectivity index is 4.25. The molecular weight excluding hydrogens is 877 g/mol. The maximum Gasteiger partial charge on any atom is 0.306 e. The van der Waals surface area contributed by atoms with Crippen molar-refractivity contribution >= 4 is 17.9 Å². The van der Waals surface area contributed by atoms with Crippen molar-refractivity contribution < 1.29 is 28.6 Å². The first kappa shape index (κ1) is 69.4. The largest absolute Gasteiger partial charge is 0.462 e. The number of carbonyl (C=O) groups excluding carboxylic acids is 3. The zero-order chi connectivity index (χ0) is 51.9. The number of rotatable bonds is 58. The van der Waals surface area contributed by atoms with Crippen LogP contribution in [0.4, 0.5) is 0 Å². The topological polar surface area (TPSA) is 78.9 Å². The van der Waals surface area contributed by atoms with Crippen LogP contribution in [0.2, 0.25) is 0 Å². The lowest BCUT2D eigenvalue weighted by Crippen LogP contribution is -2.30. The number of hydrogen-bond donors (Lipinski definition) is 0. The lowest BCUT2D eigenvalue weighted by atomic mass is 9.99. The molecule has 0 rings (SSSR count). The zero-order valence-corrected chi connectivity index (χ0v) is 49.0. The molecule has 0 saturated heterocycles. The van der Waals surface area contributed by atoms with E-state index in [1.165, 1.54) is 244 Å². The van der Waals surface area contributed by atoms with E-state index >= 15 is 0 Å². The fourth-order valence-electron chi connectivity index (χ4n) is 10.00. The summed E-state index contributed by atoms with van der Waals surface area (Å²) in [6, 6.07) is 0. The normalized spacial score (nSPS) is 12.9. The van der Waals surface area contributed by atoms with Crippen molar-refractivity contribution in [2.24, 2.45) is 17.8 Å². The highest BCUT2D eigenvalue weighted by molar-refractivity contribution is 5.71. The third-order valence-electron chi connectivity index (χ3n) is 15.6. The number of carbonyl (C=O) groups is 3. The summed E-state index contributed by atoms with van der Waals surface area (Å²) in [6.45, 7) is 13.9. The van der Waals surface area contributed by atoms with E-state index in [9.17, 15) is 14.4 Å². The molecule has 0 spiro atoms. The minimum absolute atomic E-state index is 0.0628. The zero-order valence-electron chi connectivity index (χ0n) is 49.0. The molecule has 0 heterocycles. The van der Waals surface area contributed by atoms with Gasteiger partial charge in [-0.3, -0.25) is 14.4 Å². The summed E-state index contributed by atoms with van der Waals surface area (Å²) in [4.78, 5) is 38.3. The quantitative estimate of drug-likeness (QED) is 0.0343. The van der Waals surface area contributed by atoms with Gasteiger partial charge in [0, 0.05) is 19.3 Å². The molecule has 2 unspecified atom stereocenters. The van der Waals surface area contributed by atoms with Crippen LogP contribution < -0.4 is 0 Å². The standard InChI is InChI=1S/C65H126O6/c1-7-60(5)52-46-40-34-28-21-17-13-11-9-10-12-14-19-23-30-36-42-48-54-63(66)69-57-62(58-70-64(67)55-49-43-37-31-26-25-27-33-39-45-51-59(3)4)71-65(68)56-50-44-38-32-24-20-16-15-18-22-29-35-41-47-53-61(6)8-2/h59-62H,7-58H2,1-6H3/t60?,61?,62-/m1/s1. The Kier molecular flexibility index (Phi) is 54.9. The Bertz CT molecular complexity index is 1110. The van der Waals surface area contributed by atoms with E-state index in [4.69, 9.17) is 14.2 Å². The summed E-state index contributed by atoms with van der Waals surface area (Å²) < 4.78 is 17.0. The Morgan fingerprint density at radius 2 is 0.493 bits per heavy atom. The van der Waals surface area contributed by atoms with Crippen molar-refractivity contribution in [2.75, 3.05) is 13.2 Å². The van der Waals surface area contributed by atoms with Gasteiger partial charge >= 0.3 is 17.9 Å². The molecule has 0 N–H and O–H groups in total. The molecule has 0 radical (unpaired) electrons. The molecule has 0 amide bonds. The van der Waals surface area contributed by atoms with Crippen molar-refractivity contribution in [3.8, 4) is 0 Å². The lowest BCUT2D eigenvalue weighted by Gasteiger charge is -2.18. The summed E-state index contributed by atoms with van der Waals surface area (Å²) in [7, 11) is 0. The van der Waals surface area contributed by atoms with Gasteiger partial charge < -0.3 is 14.2 Å². The molecular formula is C65H126O6.